The van der Waals surface area contributed by atoms with E-state index in [4.69, 9.17) is 0 Å². The molecule has 1 aromatic carbocycles. The summed E-state index contributed by atoms with van der Waals surface area (Å²) in [6.07, 6.45) is 4.03. The number of hydrogen-bond donors (Lipinski definition) is 2. The van der Waals surface area contributed by atoms with E-state index in [0.29, 0.717) is 30.8 Å². The van der Waals surface area contributed by atoms with Gasteiger partial charge in [-0.25, -0.2) is 4.79 Å². The number of nitro groups is 1. The summed E-state index contributed by atoms with van der Waals surface area (Å²) in [5.74, 6) is 0. The molecule has 0 radical (unpaired) electrons. The lowest BCUT2D eigenvalue weighted by Crippen LogP contribution is -2.30. The molecule has 0 aliphatic carbocycles. The number of amides is 2. The zero-order chi connectivity index (χ0) is 16.8. The molecule has 1 aromatic heterocycles. The summed E-state index contributed by atoms with van der Waals surface area (Å²) < 4.78 is 1.67. The van der Waals surface area contributed by atoms with Gasteiger partial charge in [0.15, 0.2) is 0 Å². The van der Waals surface area contributed by atoms with E-state index in [0.717, 1.165) is 5.56 Å². The van der Waals surface area contributed by atoms with Crippen LogP contribution in [0.25, 0.3) is 0 Å². The number of carbonyl (C=O) groups excluding carboxylic acids is 1. The minimum absolute atomic E-state index is 0.0166. The number of urea groups is 1. The Hall–Kier alpha value is -2.97. The summed E-state index contributed by atoms with van der Waals surface area (Å²) in [5, 5.41) is 23.8. The summed E-state index contributed by atoms with van der Waals surface area (Å²) in [5.41, 5.74) is 1.74. The predicted molar refractivity (Wildman–Crippen MR) is 84.2 cm³/mol. The number of aromatic nitrogens is 3. The minimum atomic E-state index is -0.462. The van der Waals surface area contributed by atoms with Crippen molar-refractivity contribution in [2.24, 2.45) is 0 Å². The Kier molecular flexibility index (Phi) is 5.23. The molecule has 0 spiro atoms. The first-order valence-corrected chi connectivity index (χ1v) is 7.12. The monoisotopic (exact) mass is 318 g/mol. The number of rotatable bonds is 6. The fourth-order valence-electron chi connectivity index (χ4n) is 2.13. The Balaban J connectivity index is 1.87. The van der Waals surface area contributed by atoms with Crippen LogP contribution >= 0.6 is 0 Å². The molecule has 0 bridgehead atoms. The fourth-order valence-corrected chi connectivity index (χ4v) is 2.13. The molecule has 0 unspecified atom stereocenters. The lowest BCUT2D eigenvalue weighted by atomic mass is 10.1. The number of nitro benzene ring substituents is 1. The van der Waals surface area contributed by atoms with Crippen LogP contribution in [0, 0.1) is 24.0 Å². The Labute approximate surface area is 132 Å². The molecule has 2 N–H and O–H groups in total. The van der Waals surface area contributed by atoms with Crippen molar-refractivity contribution in [2.75, 3.05) is 11.9 Å². The molecular weight excluding hydrogens is 300 g/mol. The lowest BCUT2D eigenvalue weighted by Gasteiger charge is -2.11. The predicted octanol–water partition coefficient (Wildman–Crippen LogP) is 2.01. The summed E-state index contributed by atoms with van der Waals surface area (Å²) in [7, 11) is 0. The highest BCUT2D eigenvalue weighted by Gasteiger charge is 2.14. The smallest absolute Gasteiger partial charge is 0.319 e. The largest absolute Gasteiger partial charge is 0.338 e. The fraction of sp³-hybridized carbons (Fsp3) is 0.357. The molecule has 0 atom stereocenters. The van der Waals surface area contributed by atoms with Gasteiger partial charge in [-0.2, -0.15) is 0 Å². The Bertz CT molecular complexity index is 699. The molecule has 2 amide bonds. The molecule has 2 rings (SSSR count). The van der Waals surface area contributed by atoms with E-state index in [2.05, 4.69) is 20.9 Å². The van der Waals surface area contributed by atoms with Crippen molar-refractivity contribution < 1.29 is 9.72 Å². The van der Waals surface area contributed by atoms with Gasteiger partial charge in [-0.05, 0) is 31.9 Å². The lowest BCUT2D eigenvalue weighted by molar-refractivity contribution is -0.385. The van der Waals surface area contributed by atoms with E-state index >= 15 is 0 Å². The highest BCUT2D eigenvalue weighted by molar-refractivity contribution is 5.90. The molecule has 9 heteroatoms. The molecule has 23 heavy (non-hydrogen) atoms. The zero-order valence-corrected chi connectivity index (χ0v) is 12.9. The van der Waals surface area contributed by atoms with Crippen molar-refractivity contribution in [3.05, 3.63) is 45.8 Å². The summed E-state index contributed by atoms with van der Waals surface area (Å²) >= 11 is 0. The number of benzene rings is 1. The van der Waals surface area contributed by atoms with Crippen molar-refractivity contribution in [1.29, 1.82) is 0 Å². The van der Waals surface area contributed by atoms with Gasteiger partial charge in [-0.3, -0.25) is 14.8 Å². The number of hydrogen-bond acceptors (Lipinski definition) is 5. The van der Waals surface area contributed by atoms with Crippen molar-refractivity contribution in [3.8, 4) is 0 Å². The van der Waals surface area contributed by atoms with Gasteiger partial charge in [-0.1, -0.05) is 5.21 Å². The Morgan fingerprint density at radius 3 is 2.78 bits per heavy atom. The molecule has 2 aromatic rings. The van der Waals surface area contributed by atoms with Crippen LogP contribution in [-0.4, -0.2) is 32.5 Å². The van der Waals surface area contributed by atoms with Gasteiger partial charge in [0.1, 0.15) is 0 Å². The highest BCUT2D eigenvalue weighted by atomic mass is 16.6. The Morgan fingerprint density at radius 2 is 2.13 bits per heavy atom. The van der Waals surface area contributed by atoms with Gasteiger partial charge in [-0.15, -0.1) is 5.10 Å². The van der Waals surface area contributed by atoms with Gasteiger partial charge in [0.2, 0.25) is 0 Å². The summed E-state index contributed by atoms with van der Waals surface area (Å²) in [6, 6.07) is 2.66. The molecular formula is C14H18N6O3. The number of nitrogens with zero attached hydrogens (tertiary/aromatic N) is 4. The van der Waals surface area contributed by atoms with Crippen molar-refractivity contribution in [3.63, 3.8) is 0 Å². The molecule has 0 saturated carbocycles. The minimum Gasteiger partial charge on any atom is -0.338 e. The van der Waals surface area contributed by atoms with Crippen LogP contribution in [0.2, 0.25) is 0 Å². The number of anilines is 1. The van der Waals surface area contributed by atoms with Crippen LogP contribution in [0.3, 0.4) is 0 Å². The van der Waals surface area contributed by atoms with Crippen molar-refractivity contribution in [1.82, 2.24) is 20.3 Å². The van der Waals surface area contributed by atoms with E-state index in [-0.39, 0.29) is 5.69 Å². The molecule has 0 saturated heterocycles. The van der Waals surface area contributed by atoms with Crippen LogP contribution in [0.1, 0.15) is 17.5 Å². The van der Waals surface area contributed by atoms with E-state index in [1.165, 1.54) is 6.07 Å². The number of aryl methyl sites for hydroxylation is 3. The van der Waals surface area contributed by atoms with Crippen LogP contribution in [0.4, 0.5) is 16.2 Å². The summed E-state index contributed by atoms with van der Waals surface area (Å²) in [4.78, 5) is 22.4. The Morgan fingerprint density at radius 1 is 1.35 bits per heavy atom. The first kappa shape index (κ1) is 16.4. The van der Waals surface area contributed by atoms with Crippen molar-refractivity contribution in [2.45, 2.75) is 26.8 Å². The SMILES string of the molecule is Cc1cc(C)c([N+](=O)[O-])cc1NC(=O)NCCCn1ccnn1. The van der Waals surface area contributed by atoms with Gasteiger partial charge in [0.05, 0.1) is 16.8 Å². The third kappa shape index (κ3) is 4.50. The topological polar surface area (TPSA) is 115 Å². The first-order valence-electron chi connectivity index (χ1n) is 7.12. The van der Waals surface area contributed by atoms with Gasteiger partial charge in [0.25, 0.3) is 5.69 Å². The molecule has 1 heterocycles. The molecule has 9 nitrogen and oxygen atoms in total. The van der Waals surface area contributed by atoms with E-state index < -0.39 is 11.0 Å². The highest BCUT2D eigenvalue weighted by Crippen LogP contribution is 2.26. The first-order chi connectivity index (χ1) is 11.0. The van der Waals surface area contributed by atoms with Crippen LogP contribution in [-0.2, 0) is 6.54 Å². The number of nitrogens with one attached hydrogen (secondary N) is 2. The van der Waals surface area contributed by atoms with E-state index in [9.17, 15) is 14.9 Å². The van der Waals surface area contributed by atoms with Gasteiger partial charge in [0, 0.05) is 30.9 Å². The van der Waals surface area contributed by atoms with Crippen LogP contribution in [0.15, 0.2) is 24.5 Å². The van der Waals surface area contributed by atoms with Gasteiger partial charge < -0.3 is 10.6 Å². The van der Waals surface area contributed by atoms with Crippen molar-refractivity contribution >= 4 is 17.4 Å². The molecule has 0 fully saturated rings. The molecule has 0 aliphatic heterocycles. The second-order valence-electron chi connectivity index (χ2n) is 5.11. The molecule has 122 valence electrons. The maximum absolute atomic E-state index is 11.9. The zero-order valence-electron chi connectivity index (χ0n) is 12.9. The summed E-state index contributed by atoms with van der Waals surface area (Å²) in [6.45, 7) is 4.56. The average Bonchev–Trinajstić information content (AvgIpc) is 2.99. The maximum Gasteiger partial charge on any atom is 0.319 e. The maximum atomic E-state index is 11.9. The number of carbonyl (C=O) groups is 1. The van der Waals surface area contributed by atoms with Crippen LogP contribution < -0.4 is 10.6 Å². The second kappa shape index (κ2) is 7.34. The second-order valence-corrected chi connectivity index (χ2v) is 5.11. The standard InChI is InChI=1S/C14H18N6O3/c1-10-8-11(2)13(20(22)23)9-12(10)17-14(21)15-4-3-6-19-7-5-16-18-19/h5,7-9H,3-4,6H2,1-2H3,(H2,15,17,21). The third-order valence-corrected chi connectivity index (χ3v) is 3.31. The van der Waals surface area contributed by atoms with E-state index in [1.54, 1.807) is 37.0 Å². The van der Waals surface area contributed by atoms with Crippen LogP contribution in [0.5, 0.6) is 0 Å². The molecule has 0 aliphatic rings. The average molecular weight is 318 g/mol. The van der Waals surface area contributed by atoms with E-state index in [1.807, 2.05) is 0 Å². The normalized spacial score (nSPS) is 10.3. The quantitative estimate of drug-likeness (QED) is 0.480. The van der Waals surface area contributed by atoms with Gasteiger partial charge >= 0.3 is 6.03 Å². The third-order valence-electron chi connectivity index (χ3n) is 3.31.